The van der Waals surface area contributed by atoms with E-state index in [1.54, 1.807) is 14.0 Å². The van der Waals surface area contributed by atoms with Gasteiger partial charge in [-0.3, -0.25) is 10.1 Å². The van der Waals surface area contributed by atoms with E-state index in [0.29, 0.717) is 19.0 Å². The number of aromatic nitrogens is 1. The minimum atomic E-state index is -0.448. The fourth-order valence-corrected chi connectivity index (χ4v) is 1.41. The van der Waals surface area contributed by atoms with Crippen molar-refractivity contribution in [1.82, 2.24) is 10.3 Å². The number of hydrogen-bond donors (Lipinski definition) is 2. The standard InChI is InChI=1S/C11H18N4O3/c1-9-7-10(15(16)17)8-14-11(9)13-4-3-12-5-6-18-2/h7-8,12H,3-6H2,1-2H3,(H,13,14). The van der Waals surface area contributed by atoms with Gasteiger partial charge in [-0.05, 0) is 12.5 Å². The van der Waals surface area contributed by atoms with Crippen molar-refractivity contribution in [2.24, 2.45) is 0 Å². The van der Waals surface area contributed by atoms with Crippen LogP contribution in [0.1, 0.15) is 5.56 Å². The van der Waals surface area contributed by atoms with Crippen LogP contribution in [0.3, 0.4) is 0 Å². The molecule has 1 aromatic rings. The first kappa shape index (κ1) is 14.3. The summed E-state index contributed by atoms with van der Waals surface area (Å²) >= 11 is 0. The molecule has 0 bridgehead atoms. The summed E-state index contributed by atoms with van der Waals surface area (Å²) in [6.07, 6.45) is 1.26. The minimum absolute atomic E-state index is 0.0104. The zero-order chi connectivity index (χ0) is 13.4. The van der Waals surface area contributed by atoms with Crippen LogP contribution in [-0.2, 0) is 4.74 Å². The molecule has 2 N–H and O–H groups in total. The zero-order valence-corrected chi connectivity index (χ0v) is 10.6. The molecule has 0 fully saturated rings. The third-order valence-corrected chi connectivity index (χ3v) is 2.35. The summed E-state index contributed by atoms with van der Waals surface area (Å²) in [6, 6.07) is 1.51. The van der Waals surface area contributed by atoms with E-state index >= 15 is 0 Å². The fourth-order valence-electron chi connectivity index (χ4n) is 1.41. The van der Waals surface area contributed by atoms with Crippen molar-refractivity contribution in [2.75, 3.05) is 38.7 Å². The molecule has 0 aromatic carbocycles. The Kier molecular flexibility index (Phi) is 6.03. The molecular weight excluding hydrogens is 236 g/mol. The van der Waals surface area contributed by atoms with Crippen molar-refractivity contribution >= 4 is 11.5 Å². The third kappa shape index (κ3) is 4.64. The van der Waals surface area contributed by atoms with Crippen LogP contribution >= 0.6 is 0 Å². The lowest BCUT2D eigenvalue weighted by Gasteiger charge is -2.08. The first-order valence-electron chi connectivity index (χ1n) is 5.69. The topological polar surface area (TPSA) is 89.3 Å². The molecule has 0 radical (unpaired) electrons. The van der Waals surface area contributed by atoms with Crippen molar-refractivity contribution in [2.45, 2.75) is 6.92 Å². The van der Waals surface area contributed by atoms with E-state index in [0.717, 1.165) is 18.7 Å². The molecule has 0 saturated carbocycles. The van der Waals surface area contributed by atoms with Crippen LogP contribution < -0.4 is 10.6 Å². The molecule has 0 unspecified atom stereocenters. The molecule has 1 heterocycles. The number of nitro groups is 1. The molecule has 1 rings (SSSR count). The monoisotopic (exact) mass is 254 g/mol. The second-order valence-corrected chi connectivity index (χ2v) is 3.79. The number of aryl methyl sites for hydroxylation is 1. The highest BCUT2D eigenvalue weighted by atomic mass is 16.6. The molecule has 1 aromatic heterocycles. The summed E-state index contributed by atoms with van der Waals surface area (Å²) in [5.74, 6) is 0.675. The molecule has 0 spiro atoms. The van der Waals surface area contributed by atoms with Gasteiger partial charge in [0, 0.05) is 32.8 Å². The molecule has 0 aliphatic heterocycles. The van der Waals surface area contributed by atoms with Crippen LogP contribution in [-0.4, -0.2) is 43.3 Å². The molecule has 100 valence electrons. The Bertz CT molecular complexity index is 398. The van der Waals surface area contributed by atoms with Gasteiger partial charge in [-0.2, -0.15) is 0 Å². The van der Waals surface area contributed by atoms with Gasteiger partial charge >= 0.3 is 0 Å². The van der Waals surface area contributed by atoms with E-state index < -0.39 is 4.92 Å². The SMILES string of the molecule is COCCNCCNc1ncc([N+](=O)[O-])cc1C. The maximum absolute atomic E-state index is 10.5. The molecule has 18 heavy (non-hydrogen) atoms. The van der Waals surface area contributed by atoms with Gasteiger partial charge in [-0.25, -0.2) is 4.98 Å². The smallest absolute Gasteiger partial charge is 0.287 e. The summed E-state index contributed by atoms with van der Waals surface area (Å²) < 4.78 is 4.90. The van der Waals surface area contributed by atoms with E-state index in [9.17, 15) is 10.1 Å². The third-order valence-electron chi connectivity index (χ3n) is 2.35. The highest BCUT2D eigenvalue weighted by Crippen LogP contribution is 2.17. The van der Waals surface area contributed by atoms with Crippen LogP contribution in [0.15, 0.2) is 12.3 Å². The van der Waals surface area contributed by atoms with E-state index in [1.165, 1.54) is 12.3 Å². The summed E-state index contributed by atoms with van der Waals surface area (Å²) in [5, 5.41) is 16.8. The van der Waals surface area contributed by atoms with Gasteiger partial charge in [0.05, 0.1) is 11.5 Å². The van der Waals surface area contributed by atoms with Crippen LogP contribution in [0.4, 0.5) is 11.5 Å². The average Bonchev–Trinajstić information content (AvgIpc) is 2.35. The second-order valence-electron chi connectivity index (χ2n) is 3.79. The van der Waals surface area contributed by atoms with Gasteiger partial charge in [0.15, 0.2) is 0 Å². The number of nitrogens with zero attached hydrogens (tertiary/aromatic N) is 2. The summed E-state index contributed by atoms with van der Waals surface area (Å²) in [7, 11) is 1.66. The quantitative estimate of drug-likeness (QED) is 0.408. The number of anilines is 1. The van der Waals surface area contributed by atoms with E-state index in [2.05, 4.69) is 15.6 Å². The Morgan fingerprint density at radius 1 is 1.44 bits per heavy atom. The van der Waals surface area contributed by atoms with Gasteiger partial charge in [-0.15, -0.1) is 0 Å². The summed E-state index contributed by atoms with van der Waals surface area (Å²) in [6.45, 7) is 4.75. The normalized spacial score (nSPS) is 10.3. The Hall–Kier alpha value is -1.73. The Balaban J connectivity index is 2.36. The van der Waals surface area contributed by atoms with Crippen molar-refractivity contribution in [1.29, 1.82) is 0 Å². The van der Waals surface area contributed by atoms with Crippen LogP contribution in [0.5, 0.6) is 0 Å². The lowest BCUT2D eigenvalue weighted by molar-refractivity contribution is -0.385. The Morgan fingerprint density at radius 3 is 2.83 bits per heavy atom. The Morgan fingerprint density at radius 2 is 2.22 bits per heavy atom. The molecular formula is C11H18N4O3. The van der Waals surface area contributed by atoms with Crippen molar-refractivity contribution < 1.29 is 9.66 Å². The van der Waals surface area contributed by atoms with Crippen molar-refractivity contribution in [3.8, 4) is 0 Å². The van der Waals surface area contributed by atoms with Crippen LogP contribution in [0.25, 0.3) is 0 Å². The van der Waals surface area contributed by atoms with Gasteiger partial charge < -0.3 is 15.4 Å². The van der Waals surface area contributed by atoms with Crippen molar-refractivity contribution in [3.05, 3.63) is 27.9 Å². The van der Waals surface area contributed by atoms with Crippen LogP contribution in [0, 0.1) is 17.0 Å². The van der Waals surface area contributed by atoms with Crippen molar-refractivity contribution in [3.63, 3.8) is 0 Å². The minimum Gasteiger partial charge on any atom is -0.383 e. The lowest BCUT2D eigenvalue weighted by atomic mass is 10.2. The van der Waals surface area contributed by atoms with E-state index in [1.807, 2.05) is 0 Å². The molecule has 7 nitrogen and oxygen atoms in total. The van der Waals surface area contributed by atoms with Gasteiger partial charge in [0.25, 0.3) is 5.69 Å². The van der Waals surface area contributed by atoms with Gasteiger partial charge in [0.1, 0.15) is 12.0 Å². The maximum atomic E-state index is 10.5. The highest BCUT2D eigenvalue weighted by molar-refractivity contribution is 5.48. The summed E-state index contributed by atoms with van der Waals surface area (Å²) in [4.78, 5) is 14.1. The molecule has 0 atom stereocenters. The predicted molar refractivity (Wildman–Crippen MR) is 68.9 cm³/mol. The molecule has 7 heteroatoms. The summed E-state index contributed by atoms with van der Waals surface area (Å²) in [5.41, 5.74) is 0.775. The molecule has 0 aliphatic carbocycles. The average molecular weight is 254 g/mol. The first-order chi connectivity index (χ1) is 8.65. The number of nitrogens with one attached hydrogen (secondary N) is 2. The maximum Gasteiger partial charge on any atom is 0.287 e. The largest absolute Gasteiger partial charge is 0.383 e. The van der Waals surface area contributed by atoms with Gasteiger partial charge in [0.2, 0.25) is 0 Å². The zero-order valence-electron chi connectivity index (χ0n) is 10.6. The lowest BCUT2D eigenvalue weighted by Crippen LogP contribution is -2.25. The predicted octanol–water partition coefficient (Wildman–Crippen LogP) is 0.946. The molecule has 0 saturated heterocycles. The first-order valence-corrected chi connectivity index (χ1v) is 5.69. The molecule has 0 aliphatic rings. The molecule has 0 amide bonds. The van der Waals surface area contributed by atoms with Gasteiger partial charge in [-0.1, -0.05) is 0 Å². The number of rotatable bonds is 8. The fraction of sp³-hybridized carbons (Fsp3) is 0.545. The number of hydrogen-bond acceptors (Lipinski definition) is 6. The number of pyridine rings is 1. The van der Waals surface area contributed by atoms with Crippen LogP contribution in [0.2, 0.25) is 0 Å². The number of ether oxygens (including phenoxy) is 1. The van der Waals surface area contributed by atoms with E-state index in [-0.39, 0.29) is 5.69 Å². The number of methoxy groups -OCH3 is 1. The van der Waals surface area contributed by atoms with E-state index in [4.69, 9.17) is 4.74 Å². The highest BCUT2D eigenvalue weighted by Gasteiger charge is 2.08. The Labute approximate surface area is 106 Å². The second kappa shape index (κ2) is 7.57.